The second-order valence-electron chi connectivity index (χ2n) is 6.07. The molecule has 1 aromatic carbocycles. The first-order valence-electron chi connectivity index (χ1n) is 7.63. The number of aliphatic hydroxyl groups excluding tert-OH is 1. The molecule has 118 valence electrons. The largest absolute Gasteiger partial charge is 0.393 e. The van der Waals surface area contributed by atoms with E-state index in [-0.39, 0.29) is 23.7 Å². The lowest BCUT2D eigenvalue weighted by atomic mass is 9.92. The molecule has 1 fully saturated rings. The first-order valence-corrected chi connectivity index (χ1v) is 8.45. The first-order chi connectivity index (χ1) is 10.5. The van der Waals surface area contributed by atoms with E-state index in [0.717, 1.165) is 28.5 Å². The van der Waals surface area contributed by atoms with Crippen LogP contribution < -0.4 is 0 Å². The van der Waals surface area contributed by atoms with E-state index in [1.54, 1.807) is 6.07 Å². The Bertz CT molecular complexity index is 702. The molecule has 3 nitrogen and oxygen atoms in total. The molecule has 1 aliphatic rings. The molecule has 3 rings (SSSR count). The van der Waals surface area contributed by atoms with Gasteiger partial charge in [-0.2, -0.15) is 0 Å². The number of piperidine rings is 1. The molecule has 1 N–H and O–H groups in total. The number of hydrogen-bond donors (Lipinski definition) is 1. The number of hydrogen-bond acceptors (Lipinski definition) is 3. The molecule has 2 heterocycles. The van der Waals surface area contributed by atoms with E-state index in [1.165, 1.54) is 23.5 Å². The van der Waals surface area contributed by atoms with E-state index in [1.807, 2.05) is 18.7 Å². The maximum atomic E-state index is 13.4. The summed E-state index contributed by atoms with van der Waals surface area (Å²) in [4.78, 5) is 15.3. The highest BCUT2D eigenvalue weighted by molar-refractivity contribution is 7.21. The van der Waals surface area contributed by atoms with Gasteiger partial charge in [-0.15, -0.1) is 11.3 Å². The fraction of sp³-hybridized carbons (Fsp3) is 0.471. The number of rotatable bonds is 2. The van der Waals surface area contributed by atoms with Crippen LogP contribution in [-0.4, -0.2) is 35.1 Å². The fourth-order valence-corrected chi connectivity index (χ4v) is 4.28. The topological polar surface area (TPSA) is 40.5 Å². The lowest BCUT2D eigenvalue weighted by Crippen LogP contribution is -2.40. The number of aliphatic hydroxyl groups is 1. The van der Waals surface area contributed by atoms with Gasteiger partial charge in [-0.1, -0.05) is 0 Å². The summed E-state index contributed by atoms with van der Waals surface area (Å²) in [7, 11) is 0. The number of halogens is 1. The maximum absolute atomic E-state index is 13.4. The van der Waals surface area contributed by atoms with Crippen LogP contribution in [0.1, 0.15) is 35.0 Å². The van der Waals surface area contributed by atoms with Gasteiger partial charge in [-0.3, -0.25) is 4.79 Å². The average Bonchev–Trinajstić information content (AvgIpc) is 2.83. The van der Waals surface area contributed by atoms with Gasteiger partial charge in [0, 0.05) is 17.8 Å². The maximum Gasteiger partial charge on any atom is 0.264 e. The van der Waals surface area contributed by atoms with E-state index >= 15 is 0 Å². The normalized spacial score (nSPS) is 17.9. The summed E-state index contributed by atoms with van der Waals surface area (Å²) >= 11 is 1.43. The van der Waals surface area contributed by atoms with Crippen LogP contribution in [0.3, 0.4) is 0 Å². The second kappa shape index (κ2) is 5.97. The number of thiophene rings is 1. The fourth-order valence-electron chi connectivity index (χ4n) is 3.13. The van der Waals surface area contributed by atoms with Crippen LogP contribution >= 0.6 is 11.3 Å². The summed E-state index contributed by atoms with van der Waals surface area (Å²) in [5.74, 6) is 0.0370. The van der Waals surface area contributed by atoms with Crippen molar-refractivity contribution in [2.75, 3.05) is 13.1 Å². The summed E-state index contributed by atoms with van der Waals surface area (Å²) in [6.45, 7) is 5.05. The van der Waals surface area contributed by atoms with E-state index in [9.17, 15) is 14.3 Å². The average molecular weight is 321 g/mol. The Balaban J connectivity index is 1.83. The van der Waals surface area contributed by atoms with Crippen LogP contribution in [0.25, 0.3) is 10.1 Å². The number of likely N-dealkylation sites (tertiary alicyclic amines) is 1. The monoisotopic (exact) mass is 321 g/mol. The minimum atomic E-state index is -0.314. The highest BCUT2D eigenvalue weighted by Crippen LogP contribution is 2.33. The molecule has 1 aromatic heterocycles. The Hall–Kier alpha value is -1.46. The van der Waals surface area contributed by atoms with Crippen molar-refractivity contribution in [3.05, 3.63) is 34.5 Å². The molecule has 0 aliphatic carbocycles. The van der Waals surface area contributed by atoms with Gasteiger partial charge in [0.25, 0.3) is 5.91 Å². The number of carbonyl (C=O) groups excluding carboxylic acids is 1. The van der Waals surface area contributed by atoms with Crippen molar-refractivity contribution >= 4 is 27.3 Å². The first kappa shape index (κ1) is 15.4. The van der Waals surface area contributed by atoms with Crippen molar-refractivity contribution in [2.24, 2.45) is 5.92 Å². The van der Waals surface area contributed by atoms with Gasteiger partial charge in [0.15, 0.2) is 0 Å². The van der Waals surface area contributed by atoms with Crippen LogP contribution in [0, 0.1) is 18.7 Å². The van der Waals surface area contributed by atoms with Gasteiger partial charge in [-0.25, -0.2) is 4.39 Å². The Morgan fingerprint density at radius 1 is 1.41 bits per heavy atom. The summed E-state index contributed by atoms with van der Waals surface area (Å²) in [6.07, 6.45) is 1.36. The number of carbonyl (C=O) groups is 1. The third-order valence-electron chi connectivity index (χ3n) is 4.60. The predicted molar refractivity (Wildman–Crippen MR) is 86.8 cm³/mol. The number of aryl methyl sites for hydroxylation is 1. The molecule has 1 atom stereocenters. The number of nitrogens with zero attached hydrogens (tertiary/aromatic N) is 1. The van der Waals surface area contributed by atoms with Gasteiger partial charge < -0.3 is 10.0 Å². The standard InChI is InChI=1S/C17H20FNO2S/c1-10-14-9-13(18)3-4-15(14)22-16(10)17(21)19-7-5-12(6-8-19)11(2)20/h3-4,9,11-12,20H,5-8H2,1-2H3. The molecular formula is C17H20FNO2S. The van der Waals surface area contributed by atoms with Crippen molar-refractivity contribution < 1.29 is 14.3 Å². The molecule has 0 spiro atoms. The Morgan fingerprint density at radius 2 is 2.09 bits per heavy atom. The molecule has 22 heavy (non-hydrogen) atoms. The third kappa shape index (κ3) is 2.75. The zero-order chi connectivity index (χ0) is 15.9. The number of benzene rings is 1. The van der Waals surface area contributed by atoms with Crippen molar-refractivity contribution in [3.8, 4) is 0 Å². The van der Waals surface area contributed by atoms with E-state index in [2.05, 4.69) is 0 Å². The Morgan fingerprint density at radius 3 is 2.73 bits per heavy atom. The smallest absolute Gasteiger partial charge is 0.264 e. The molecule has 1 aliphatic heterocycles. The summed E-state index contributed by atoms with van der Waals surface area (Å²) in [5.41, 5.74) is 0.863. The van der Waals surface area contributed by atoms with Crippen molar-refractivity contribution in [1.29, 1.82) is 0 Å². The van der Waals surface area contributed by atoms with E-state index in [0.29, 0.717) is 18.0 Å². The molecule has 1 amide bonds. The minimum absolute atomic E-state index is 0.0307. The molecule has 5 heteroatoms. The Kier molecular flexibility index (Phi) is 4.19. The Labute approximate surface area is 133 Å². The SMILES string of the molecule is Cc1c(C(=O)N2CCC(C(C)O)CC2)sc2ccc(F)cc12. The lowest BCUT2D eigenvalue weighted by molar-refractivity contribution is 0.0524. The molecular weight excluding hydrogens is 301 g/mol. The number of amides is 1. The molecule has 0 bridgehead atoms. The molecule has 0 saturated carbocycles. The van der Waals surface area contributed by atoms with Crippen LogP contribution in [0.4, 0.5) is 4.39 Å². The zero-order valence-corrected chi connectivity index (χ0v) is 13.6. The quantitative estimate of drug-likeness (QED) is 0.918. The second-order valence-corrected chi connectivity index (χ2v) is 7.12. The van der Waals surface area contributed by atoms with Crippen molar-refractivity contribution in [3.63, 3.8) is 0 Å². The van der Waals surface area contributed by atoms with Gasteiger partial charge in [-0.05, 0) is 61.8 Å². The van der Waals surface area contributed by atoms with Gasteiger partial charge in [0.1, 0.15) is 5.82 Å². The zero-order valence-electron chi connectivity index (χ0n) is 12.8. The summed E-state index contributed by atoms with van der Waals surface area (Å²) in [6, 6.07) is 4.66. The molecule has 1 saturated heterocycles. The highest BCUT2D eigenvalue weighted by Gasteiger charge is 2.28. The van der Waals surface area contributed by atoms with Crippen LogP contribution in [-0.2, 0) is 0 Å². The van der Waals surface area contributed by atoms with E-state index < -0.39 is 0 Å². The van der Waals surface area contributed by atoms with Gasteiger partial charge in [0.2, 0.25) is 0 Å². The van der Waals surface area contributed by atoms with E-state index in [4.69, 9.17) is 0 Å². The predicted octanol–water partition coefficient (Wildman–Crippen LogP) is 3.58. The van der Waals surface area contributed by atoms with Crippen LogP contribution in [0.15, 0.2) is 18.2 Å². The molecule has 0 radical (unpaired) electrons. The third-order valence-corrected chi connectivity index (χ3v) is 5.86. The van der Waals surface area contributed by atoms with Gasteiger partial charge in [0.05, 0.1) is 11.0 Å². The van der Waals surface area contributed by atoms with Crippen molar-refractivity contribution in [2.45, 2.75) is 32.8 Å². The summed E-state index contributed by atoms with van der Waals surface area (Å²) in [5, 5.41) is 10.5. The highest BCUT2D eigenvalue weighted by atomic mass is 32.1. The molecule has 2 aromatic rings. The molecule has 1 unspecified atom stereocenters. The number of fused-ring (bicyclic) bond motifs is 1. The van der Waals surface area contributed by atoms with Crippen LogP contribution in [0.2, 0.25) is 0 Å². The lowest BCUT2D eigenvalue weighted by Gasteiger charge is -2.33. The summed E-state index contributed by atoms with van der Waals surface area (Å²) < 4.78 is 14.3. The minimum Gasteiger partial charge on any atom is -0.393 e. The van der Waals surface area contributed by atoms with Crippen LogP contribution in [0.5, 0.6) is 0 Å². The van der Waals surface area contributed by atoms with Crippen molar-refractivity contribution in [1.82, 2.24) is 4.90 Å². The van der Waals surface area contributed by atoms with Gasteiger partial charge >= 0.3 is 0 Å².